The van der Waals surface area contributed by atoms with Crippen molar-refractivity contribution in [2.45, 2.75) is 38.4 Å². The van der Waals surface area contributed by atoms with Gasteiger partial charge in [0, 0.05) is 22.3 Å². The molecule has 0 aromatic heterocycles. The van der Waals surface area contributed by atoms with Gasteiger partial charge in [0.1, 0.15) is 18.0 Å². The molecule has 1 heterocycles. The molecule has 1 saturated heterocycles. The minimum absolute atomic E-state index is 0.0857. The van der Waals surface area contributed by atoms with E-state index in [0.29, 0.717) is 11.3 Å². The van der Waals surface area contributed by atoms with Crippen molar-refractivity contribution in [1.82, 2.24) is 0 Å². The summed E-state index contributed by atoms with van der Waals surface area (Å²) in [5.74, 6) is -1.18. The fraction of sp³-hybridized carbons (Fsp3) is 0.500. The highest BCUT2D eigenvalue weighted by Crippen LogP contribution is 2.61. The van der Waals surface area contributed by atoms with Gasteiger partial charge in [0.25, 0.3) is 0 Å². The predicted molar refractivity (Wildman–Crippen MR) is 80.6 cm³/mol. The zero-order valence-electron chi connectivity index (χ0n) is 13.5. The number of ketones is 3. The Hall–Kier alpha value is -2.01. The van der Waals surface area contributed by atoms with Crippen molar-refractivity contribution in [3.05, 3.63) is 29.3 Å². The molecule has 4 rings (SSSR count). The molecule has 1 aromatic carbocycles. The van der Waals surface area contributed by atoms with Crippen LogP contribution in [-0.2, 0) is 19.7 Å². The van der Waals surface area contributed by atoms with Gasteiger partial charge in [-0.1, -0.05) is 20.8 Å². The maximum Gasteiger partial charge on any atom is 0.229 e. The molecule has 0 bridgehead atoms. The summed E-state index contributed by atoms with van der Waals surface area (Å²) in [6.45, 7) is 5.41. The number of ether oxygens (including phenoxy) is 2. The summed E-state index contributed by atoms with van der Waals surface area (Å²) in [7, 11) is 1.56. The number of carbonyl (C=O) groups is 3. The van der Waals surface area contributed by atoms with Crippen LogP contribution >= 0.6 is 0 Å². The molecular formula is C18H18O5. The lowest BCUT2D eigenvalue weighted by molar-refractivity contribution is -0.142. The zero-order valence-corrected chi connectivity index (χ0v) is 13.5. The third-order valence-corrected chi connectivity index (χ3v) is 5.84. The lowest BCUT2D eigenvalue weighted by atomic mass is 9.49. The Bertz CT molecular complexity index is 778. The van der Waals surface area contributed by atoms with Crippen molar-refractivity contribution in [2.75, 3.05) is 7.11 Å². The standard InChI is InChI=1S/C18H18O5/c1-17(2)14-12(20)11(19)9-6-5-8(22-4)7-10(9)18(14,3)16-13(23-16)15(17)21/h5-7,13-14,16H,1-4H3/t13-,14?,16-,18+/m0/s1. The number of fused-ring (bicyclic) bond motifs is 5. The fourth-order valence-electron chi connectivity index (χ4n) is 4.66. The van der Waals surface area contributed by atoms with Crippen LogP contribution in [0.4, 0.5) is 0 Å². The van der Waals surface area contributed by atoms with Crippen molar-refractivity contribution in [3.8, 4) is 5.75 Å². The summed E-state index contributed by atoms with van der Waals surface area (Å²) in [6, 6.07) is 5.12. The first kappa shape index (κ1) is 14.6. The van der Waals surface area contributed by atoms with Crippen molar-refractivity contribution < 1.29 is 23.9 Å². The number of rotatable bonds is 1. The molecule has 3 aliphatic rings. The highest BCUT2D eigenvalue weighted by atomic mass is 16.6. The lowest BCUT2D eigenvalue weighted by Gasteiger charge is -2.49. The fourth-order valence-corrected chi connectivity index (χ4v) is 4.66. The number of hydrogen-bond donors (Lipinski definition) is 0. The molecule has 1 unspecified atom stereocenters. The van der Waals surface area contributed by atoms with Gasteiger partial charge in [-0.3, -0.25) is 14.4 Å². The maximum atomic E-state index is 12.8. The van der Waals surface area contributed by atoms with Gasteiger partial charge >= 0.3 is 0 Å². The van der Waals surface area contributed by atoms with E-state index in [0.717, 1.165) is 5.56 Å². The van der Waals surface area contributed by atoms with Gasteiger partial charge in [-0.05, 0) is 23.8 Å². The van der Waals surface area contributed by atoms with E-state index in [-0.39, 0.29) is 11.9 Å². The van der Waals surface area contributed by atoms with E-state index in [2.05, 4.69) is 0 Å². The summed E-state index contributed by atoms with van der Waals surface area (Å²) in [5, 5.41) is 0. The highest BCUT2D eigenvalue weighted by molar-refractivity contribution is 6.46. The summed E-state index contributed by atoms with van der Waals surface area (Å²) >= 11 is 0. The van der Waals surface area contributed by atoms with Crippen LogP contribution in [0.1, 0.15) is 36.7 Å². The van der Waals surface area contributed by atoms with E-state index in [1.165, 1.54) is 0 Å². The first-order valence-corrected chi connectivity index (χ1v) is 7.71. The number of methoxy groups -OCH3 is 1. The molecule has 1 aromatic rings. The molecule has 2 aliphatic carbocycles. The molecule has 23 heavy (non-hydrogen) atoms. The van der Waals surface area contributed by atoms with Crippen molar-refractivity contribution in [2.24, 2.45) is 11.3 Å². The second-order valence-corrected chi connectivity index (χ2v) is 7.38. The highest BCUT2D eigenvalue weighted by Gasteiger charge is 2.73. The molecule has 2 fully saturated rings. The second kappa shape index (κ2) is 4.09. The largest absolute Gasteiger partial charge is 0.497 e. The quantitative estimate of drug-likeness (QED) is 0.583. The van der Waals surface area contributed by atoms with Gasteiger partial charge < -0.3 is 9.47 Å². The van der Waals surface area contributed by atoms with Gasteiger partial charge in [-0.2, -0.15) is 0 Å². The van der Waals surface area contributed by atoms with Crippen LogP contribution in [0.3, 0.4) is 0 Å². The molecule has 0 N–H and O–H groups in total. The average molecular weight is 314 g/mol. The van der Waals surface area contributed by atoms with E-state index in [9.17, 15) is 14.4 Å². The van der Waals surface area contributed by atoms with E-state index in [1.807, 2.05) is 6.92 Å². The monoisotopic (exact) mass is 314 g/mol. The third kappa shape index (κ3) is 1.53. The SMILES string of the molecule is COc1ccc2c(c1)[C@]1(C)C(C(=O)C2=O)C(C)(C)C(=O)[C@@H]2O[C@@H]21. The van der Waals surface area contributed by atoms with Gasteiger partial charge in [0.05, 0.1) is 7.11 Å². The van der Waals surface area contributed by atoms with Crippen LogP contribution in [0.5, 0.6) is 5.75 Å². The Balaban J connectivity index is 2.02. The first-order valence-electron chi connectivity index (χ1n) is 7.71. The smallest absolute Gasteiger partial charge is 0.229 e. The average Bonchev–Trinajstić information content (AvgIpc) is 3.31. The molecule has 120 valence electrons. The minimum atomic E-state index is -0.931. The van der Waals surface area contributed by atoms with Crippen molar-refractivity contribution >= 4 is 17.3 Å². The van der Waals surface area contributed by atoms with E-state index in [1.54, 1.807) is 39.2 Å². The molecule has 0 amide bonds. The van der Waals surface area contributed by atoms with Gasteiger partial charge in [0.15, 0.2) is 5.78 Å². The van der Waals surface area contributed by atoms with Gasteiger partial charge in [0.2, 0.25) is 11.6 Å². The van der Waals surface area contributed by atoms with Crippen LogP contribution in [-0.4, -0.2) is 36.7 Å². The summed E-state index contributed by atoms with van der Waals surface area (Å²) in [4.78, 5) is 38.0. The maximum absolute atomic E-state index is 12.8. The van der Waals surface area contributed by atoms with E-state index in [4.69, 9.17) is 9.47 Å². The zero-order chi connectivity index (χ0) is 16.7. The molecule has 4 atom stereocenters. The number of epoxide rings is 1. The lowest BCUT2D eigenvalue weighted by Crippen LogP contribution is -2.61. The number of Topliss-reactive ketones (excluding diaryl/α,β-unsaturated/α-hetero) is 3. The van der Waals surface area contributed by atoms with Crippen LogP contribution in [0.25, 0.3) is 0 Å². The number of hydrogen-bond acceptors (Lipinski definition) is 5. The van der Waals surface area contributed by atoms with Gasteiger partial charge in [-0.15, -0.1) is 0 Å². The third-order valence-electron chi connectivity index (χ3n) is 5.84. The van der Waals surface area contributed by atoms with E-state index < -0.39 is 34.4 Å². The molecular weight excluding hydrogens is 296 g/mol. The Morgan fingerprint density at radius 3 is 2.48 bits per heavy atom. The topological polar surface area (TPSA) is 73.0 Å². The molecule has 5 heteroatoms. The molecule has 1 aliphatic heterocycles. The molecule has 0 spiro atoms. The Kier molecular flexibility index (Phi) is 2.59. The van der Waals surface area contributed by atoms with E-state index >= 15 is 0 Å². The number of benzene rings is 1. The summed E-state index contributed by atoms with van der Waals surface area (Å²) in [6.07, 6.45) is -0.831. The molecule has 1 saturated carbocycles. The van der Waals surface area contributed by atoms with Crippen LogP contribution < -0.4 is 4.74 Å². The summed E-state index contributed by atoms with van der Waals surface area (Å²) < 4.78 is 10.9. The van der Waals surface area contributed by atoms with Crippen molar-refractivity contribution in [3.63, 3.8) is 0 Å². The molecule has 5 nitrogen and oxygen atoms in total. The normalized spacial score (nSPS) is 36.9. The van der Waals surface area contributed by atoms with Crippen LogP contribution in [0.15, 0.2) is 18.2 Å². The van der Waals surface area contributed by atoms with Crippen LogP contribution in [0.2, 0.25) is 0 Å². The number of carbonyl (C=O) groups excluding carboxylic acids is 3. The Morgan fingerprint density at radius 2 is 1.83 bits per heavy atom. The predicted octanol–water partition coefficient (Wildman–Crippen LogP) is 1.71. The molecule has 0 radical (unpaired) electrons. The Labute approximate surface area is 134 Å². The Morgan fingerprint density at radius 1 is 1.13 bits per heavy atom. The van der Waals surface area contributed by atoms with Crippen molar-refractivity contribution in [1.29, 1.82) is 0 Å². The summed E-state index contributed by atoms with van der Waals surface area (Å²) in [5.41, 5.74) is -0.481. The minimum Gasteiger partial charge on any atom is -0.497 e. The first-order chi connectivity index (χ1) is 10.7. The van der Waals surface area contributed by atoms with Gasteiger partial charge in [-0.25, -0.2) is 0 Å². The van der Waals surface area contributed by atoms with Crippen LogP contribution in [0, 0.1) is 11.3 Å². The second-order valence-electron chi connectivity index (χ2n) is 7.38.